The van der Waals surface area contributed by atoms with Gasteiger partial charge in [-0.2, -0.15) is 0 Å². The molecular formula is C20H24BrN2OS+. The lowest BCUT2D eigenvalue weighted by Gasteiger charge is -2.12. The maximum absolute atomic E-state index is 12.0. The van der Waals surface area contributed by atoms with Gasteiger partial charge in [0, 0.05) is 34.3 Å². The number of benzene rings is 2. The van der Waals surface area contributed by atoms with Crippen LogP contribution in [0.3, 0.4) is 0 Å². The van der Waals surface area contributed by atoms with Gasteiger partial charge in [-0.05, 0) is 29.8 Å². The van der Waals surface area contributed by atoms with Crippen LogP contribution in [0.1, 0.15) is 24.0 Å². The molecule has 0 aromatic heterocycles. The van der Waals surface area contributed by atoms with Crippen molar-refractivity contribution in [1.82, 2.24) is 5.32 Å². The van der Waals surface area contributed by atoms with Crippen LogP contribution in [0.5, 0.6) is 0 Å². The number of thioether (sulfide) groups is 1. The van der Waals surface area contributed by atoms with Gasteiger partial charge in [0.15, 0.2) is 0 Å². The largest absolute Gasteiger partial charge is 0.351 e. The van der Waals surface area contributed by atoms with E-state index in [1.807, 2.05) is 24.3 Å². The van der Waals surface area contributed by atoms with Crippen molar-refractivity contribution in [3.8, 4) is 0 Å². The molecule has 1 amide bonds. The summed E-state index contributed by atoms with van der Waals surface area (Å²) in [5.41, 5.74) is 2.54. The number of hydrogen-bond donors (Lipinski definition) is 2. The maximum Gasteiger partial charge on any atom is 0.230 e. The summed E-state index contributed by atoms with van der Waals surface area (Å²) in [7, 11) is 0. The van der Waals surface area contributed by atoms with Crippen molar-refractivity contribution in [2.24, 2.45) is 0 Å². The number of quaternary nitrogens is 1. The Kier molecular flexibility index (Phi) is 6.96. The molecule has 0 unspecified atom stereocenters. The normalized spacial score (nSPS) is 14.6. The van der Waals surface area contributed by atoms with E-state index in [1.165, 1.54) is 31.5 Å². The van der Waals surface area contributed by atoms with Crippen LogP contribution in [0.15, 0.2) is 57.9 Å². The molecule has 3 nitrogen and oxygen atoms in total. The van der Waals surface area contributed by atoms with Gasteiger partial charge >= 0.3 is 0 Å². The van der Waals surface area contributed by atoms with Crippen molar-refractivity contribution in [2.45, 2.75) is 30.8 Å². The third-order valence-corrected chi connectivity index (χ3v) is 6.00. The Labute approximate surface area is 162 Å². The van der Waals surface area contributed by atoms with E-state index in [1.54, 1.807) is 16.7 Å². The second-order valence-corrected chi connectivity index (χ2v) is 8.43. The van der Waals surface area contributed by atoms with Gasteiger partial charge in [0.2, 0.25) is 5.91 Å². The maximum atomic E-state index is 12.0. The summed E-state index contributed by atoms with van der Waals surface area (Å²) in [5, 5.41) is 3.00. The first kappa shape index (κ1) is 18.5. The fraction of sp³-hybridized carbons (Fsp3) is 0.350. The summed E-state index contributed by atoms with van der Waals surface area (Å²) < 4.78 is 1.05. The zero-order valence-electron chi connectivity index (χ0n) is 14.3. The number of rotatable bonds is 7. The third kappa shape index (κ3) is 6.17. The number of amides is 1. The predicted molar refractivity (Wildman–Crippen MR) is 107 cm³/mol. The Bertz CT molecular complexity index is 682. The van der Waals surface area contributed by atoms with Crippen molar-refractivity contribution in [3.05, 3.63) is 64.1 Å². The molecule has 3 rings (SSSR count). The van der Waals surface area contributed by atoms with Crippen molar-refractivity contribution in [3.63, 3.8) is 0 Å². The van der Waals surface area contributed by atoms with Gasteiger partial charge in [-0.15, -0.1) is 11.8 Å². The standard InChI is InChI=1S/C20H23BrN2OS/c21-18-7-9-19(10-8-18)25-15-20(24)22-13-16-3-5-17(6-4-16)14-23-11-1-2-12-23/h3-10H,1-2,11-15H2,(H,22,24)/p+1. The van der Waals surface area contributed by atoms with Crippen LogP contribution in [0.2, 0.25) is 0 Å². The molecule has 0 spiro atoms. The van der Waals surface area contributed by atoms with E-state index >= 15 is 0 Å². The molecule has 0 aliphatic carbocycles. The van der Waals surface area contributed by atoms with Crippen molar-refractivity contribution in [1.29, 1.82) is 0 Å². The summed E-state index contributed by atoms with van der Waals surface area (Å²) in [6.07, 6.45) is 2.72. The minimum atomic E-state index is 0.0681. The number of carbonyl (C=O) groups excluding carboxylic acids is 1. The molecule has 1 aliphatic heterocycles. The van der Waals surface area contributed by atoms with Crippen LogP contribution in [0.25, 0.3) is 0 Å². The van der Waals surface area contributed by atoms with Gasteiger partial charge in [-0.1, -0.05) is 40.2 Å². The molecule has 0 bridgehead atoms. The predicted octanol–water partition coefficient (Wildman–Crippen LogP) is 3.04. The lowest BCUT2D eigenvalue weighted by atomic mass is 10.1. The molecule has 1 saturated heterocycles. The topological polar surface area (TPSA) is 33.5 Å². The zero-order valence-corrected chi connectivity index (χ0v) is 16.7. The van der Waals surface area contributed by atoms with Crippen LogP contribution in [-0.2, 0) is 17.9 Å². The molecule has 1 aliphatic rings. The minimum absolute atomic E-state index is 0.0681. The van der Waals surface area contributed by atoms with Crippen molar-refractivity contribution < 1.29 is 9.69 Å². The van der Waals surface area contributed by atoms with Crippen LogP contribution in [-0.4, -0.2) is 24.7 Å². The molecule has 0 atom stereocenters. The Morgan fingerprint density at radius 3 is 2.32 bits per heavy atom. The molecule has 0 radical (unpaired) electrons. The van der Waals surface area contributed by atoms with Gasteiger partial charge < -0.3 is 10.2 Å². The molecule has 5 heteroatoms. The molecule has 2 aromatic carbocycles. The van der Waals surface area contributed by atoms with Gasteiger partial charge in [0.1, 0.15) is 6.54 Å². The quantitative estimate of drug-likeness (QED) is 0.676. The van der Waals surface area contributed by atoms with E-state index in [9.17, 15) is 4.79 Å². The van der Waals surface area contributed by atoms with Crippen molar-refractivity contribution in [2.75, 3.05) is 18.8 Å². The molecule has 2 aromatic rings. The van der Waals surface area contributed by atoms with E-state index in [2.05, 4.69) is 45.5 Å². The lowest BCUT2D eigenvalue weighted by Crippen LogP contribution is -3.08. The Morgan fingerprint density at radius 1 is 1.00 bits per heavy atom. The number of hydrogen-bond acceptors (Lipinski definition) is 2. The third-order valence-electron chi connectivity index (χ3n) is 4.46. The highest BCUT2D eigenvalue weighted by atomic mass is 79.9. The SMILES string of the molecule is O=C(CSc1ccc(Br)cc1)NCc1ccc(C[NH+]2CCCC2)cc1. The Morgan fingerprint density at radius 2 is 1.64 bits per heavy atom. The summed E-state index contributed by atoms with van der Waals surface area (Å²) in [6, 6.07) is 16.7. The number of nitrogens with one attached hydrogen (secondary N) is 2. The lowest BCUT2D eigenvalue weighted by molar-refractivity contribution is -0.901. The van der Waals surface area contributed by atoms with E-state index < -0.39 is 0 Å². The van der Waals surface area contributed by atoms with Crippen LogP contribution >= 0.6 is 27.7 Å². The fourth-order valence-corrected chi connectivity index (χ4v) is 4.04. The molecule has 1 fully saturated rings. The number of likely N-dealkylation sites (tertiary alicyclic amines) is 1. The summed E-state index contributed by atoms with van der Waals surface area (Å²) in [6.45, 7) is 4.31. The Hall–Kier alpha value is -1.30. The molecule has 132 valence electrons. The molecule has 25 heavy (non-hydrogen) atoms. The molecule has 2 N–H and O–H groups in total. The molecule has 1 heterocycles. The number of halogens is 1. The highest BCUT2D eigenvalue weighted by molar-refractivity contribution is 9.10. The first-order valence-corrected chi connectivity index (χ1v) is 10.5. The zero-order chi connectivity index (χ0) is 17.5. The monoisotopic (exact) mass is 419 g/mol. The minimum Gasteiger partial charge on any atom is -0.351 e. The molecule has 0 saturated carbocycles. The van der Waals surface area contributed by atoms with Gasteiger partial charge in [0.25, 0.3) is 0 Å². The Balaban J connectivity index is 1.39. The van der Waals surface area contributed by atoms with Gasteiger partial charge in [-0.25, -0.2) is 0 Å². The van der Waals surface area contributed by atoms with Crippen LogP contribution in [0.4, 0.5) is 0 Å². The smallest absolute Gasteiger partial charge is 0.230 e. The van der Waals surface area contributed by atoms with E-state index in [0.29, 0.717) is 12.3 Å². The van der Waals surface area contributed by atoms with E-state index in [0.717, 1.165) is 21.5 Å². The fourth-order valence-electron chi connectivity index (χ4n) is 3.05. The van der Waals surface area contributed by atoms with E-state index in [4.69, 9.17) is 0 Å². The highest BCUT2D eigenvalue weighted by Gasteiger charge is 2.15. The van der Waals surface area contributed by atoms with Crippen LogP contribution in [0, 0.1) is 0 Å². The average Bonchev–Trinajstić information content (AvgIpc) is 3.14. The first-order chi connectivity index (χ1) is 12.2. The second-order valence-electron chi connectivity index (χ2n) is 6.47. The van der Waals surface area contributed by atoms with Gasteiger partial charge in [-0.3, -0.25) is 4.79 Å². The molecular weight excluding hydrogens is 396 g/mol. The summed E-state index contributed by atoms with van der Waals surface area (Å²) >= 11 is 4.97. The first-order valence-electron chi connectivity index (χ1n) is 8.75. The highest BCUT2D eigenvalue weighted by Crippen LogP contribution is 2.20. The summed E-state index contributed by atoms with van der Waals surface area (Å²) in [5.74, 6) is 0.511. The van der Waals surface area contributed by atoms with Crippen LogP contribution < -0.4 is 10.2 Å². The van der Waals surface area contributed by atoms with Crippen molar-refractivity contribution >= 4 is 33.6 Å². The summed E-state index contributed by atoms with van der Waals surface area (Å²) in [4.78, 5) is 14.8. The van der Waals surface area contributed by atoms with E-state index in [-0.39, 0.29) is 5.91 Å². The average molecular weight is 420 g/mol. The number of carbonyl (C=O) groups is 1. The van der Waals surface area contributed by atoms with Gasteiger partial charge in [0.05, 0.1) is 18.8 Å². The second kappa shape index (κ2) is 9.41.